The molecule has 0 saturated heterocycles. The SMILES string of the molecule is C=C(C)CS(=O)(=O)O.CC[N+](C)(CC)CC. The Balaban J connectivity index is 0. The molecular formula is C11H26NO3S+. The number of quaternary nitrogens is 1. The second-order valence-corrected chi connectivity index (χ2v) is 5.70. The third-order valence-electron chi connectivity index (χ3n) is 2.72. The summed E-state index contributed by atoms with van der Waals surface area (Å²) < 4.78 is 29.2. The molecule has 4 nitrogen and oxygen atoms in total. The van der Waals surface area contributed by atoms with Crippen LogP contribution in [0.2, 0.25) is 0 Å². The van der Waals surface area contributed by atoms with Gasteiger partial charge in [-0.1, -0.05) is 12.2 Å². The number of hydrogen-bond acceptors (Lipinski definition) is 2. The lowest BCUT2D eigenvalue weighted by molar-refractivity contribution is -0.904. The molecule has 0 atom stereocenters. The molecule has 0 aliphatic heterocycles. The molecule has 0 aromatic heterocycles. The zero-order chi connectivity index (χ0) is 13.4. The van der Waals surface area contributed by atoms with Gasteiger partial charge in [0, 0.05) is 0 Å². The maximum absolute atomic E-state index is 9.94. The summed E-state index contributed by atoms with van der Waals surface area (Å²) in [5.74, 6) is -0.340. The Morgan fingerprint density at radius 2 is 1.50 bits per heavy atom. The normalized spacial score (nSPS) is 11.6. The Bertz CT molecular complexity index is 284. The molecule has 0 radical (unpaired) electrons. The molecule has 0 aromatic carbocycles. The summed E-state index contributed by atoms with van der Waals surface area (Å²) >= 11 is 0. The monoisotopic (exact) mass is 252 g/mol. The molecule has 0 saturated carbocycles. The third kappa shape index (κ3) is 11.7. The smallest absolute Gasteiger partial charge is 0.268 e. The lowest BCUT2D eigenvalue weighted by atomic mass is 10.4. The second kappa shape index (κ2) is 7.81. The highest BCUT2D eigenvalue weighted by Crippen LogP contribution is 1.97. The van der Waals surface area contributed by atoms with Crippen molar-refractivity contribution < 1.29 is 17.5 Å². The topological polar surface area (TPSA) is 54.4 Å². The first-order chi connectivity index (χ1) is 7.10. The molecule has 0 aliphatic carbocycles. The van der Waals surface area contributed by atoms with Crippen LogP contribution in [0.1, 0.15) is 27.7 Å². The standard InChI is InChI=1S/C7H18N.C4H8O3S/c1-5-8(4,6-2)7-3;1-4(2)3-8(5,6)7/h5-7H2,1-4H3;1,3H2,2H3,(H,5,6,7)/q+1;. The molecular weight excluding hydrogens is 226 g/mol. The number of hydrogen-bond donors (Lipinski definition) is 1. The van der Waals surface area contributed by atoms with Crippen LogP contribution in [0.25, 0.3) is 0 Å². The highest BCUT2D eigenvalue weighted by atomic mass is 32.2. The van der Waals surface area contributed by atoms with Crippen molar-refractivity contribution in [2.24, 2.45) is 0 Å². The van der Waals surface area contributed by atoms with Crippen molar-refractivity contribution >= 4 is 10.1 Å². The van der Waals surface area contributed by atoms with Crippen LogP contribution in [0.5, 0.6) is 0 Å². The largest absolute Gasteiger partial charge is 0.327 e. The van der Waals surface area contributed by atoms with Crippen LogP contribution >= 0.6 is 0 Å². The maximum Gasteiger partial charge on any atom is 0.268 e. The van der Waals surface area contributed by atoms with Gasteiger partial charge in [-0.2, -0.15) is 8.42 Å². The molecule has 1 N–H and O–H groups in total. The first-order valence-electron chi connectivity index (χ1n) is 5.53. The highest BCUT2D eigenvalue weighted by Gasteiger charge is 2.10. The quantitative estimate of drug-likeness (QED) is 0.462. The Hall–Kier alpha value is -0.390. The van der Waals surface area contributed by atoms with E-state index in [9.17, 15) is 8.42 Å². The lowest BCUT2D eigenvalue weighted by Gasteiger charge is -2.30. The van der Waals surface area contributed by atoms with E-state index in [0.717, 1.165) is 0 Å². The van der Waals surface area contributed by atoms with Gasteiger partial charge in [-0.3, -0.25) is 4.55 Å². The van der Waals surface area contributed by atoms with Crippen molar-refractivity contribution in [3.8, 4) is 0 Å². The van der Waals surface area contributed by atoms with E-state index < -0.39 is 10.1 Å². The molecule has 0 spiro atoms. The van der Waals surface area contributed by atoms with E-state index in [1.807, 2.05) is 0 Å². The van der Waals surface area contributed by atoms with Crippen LogP contribution < -0.4 is 0 Å². The first-order valence-corrected chi connectivity index (χ1v) is 7.14. The third-order valence-corrected chi connectivity index (χ3v) is 3.58. The minimum atomic E-state index is -3.82. The van der Waals surface area contributed by atoms with E-state index in [1.54, 1.807) is 0 Å². The van der Waals surface area contributed by atoms with Crippen LogP contribution in [0.3, 0.4) is 0 Å². The summed E-state index contributed by atoms with van der Waals surface area (Å²) in [5.41, 5.74) is 0.438. The molecule has 0 amide bonds. The van der Waals surface area contributed by atoms with Crippen LogP contribution in [0, 0.1) is 0 Å². The van der Waals surface area contributed by atoms with Crippen LogP contribution in [0.4, 0.5) is 0 Å². The molecule has 0 rings (SSSR count). The van der Waals surface area contributed by atoms with Crippen molar-refractivity contribution in [2.45, 2.75) is 27.7 Å². The van der Waals surface area contributed by atoms with Gasteiger partial charge in [0.1, 0.15) is 0 Å². The average Bonchev–Trinajstić information content (AvgIpc) is 2.14. The Labute approximate surface area is 100 Å². The average molecular weight is 252 g/mol. The van der Waals surface area contributed by atoms with E-state index in [4.69, 9.17) is 4.55 Å². The Kier molecular flexibility index (Phi) is 8.78. The molecule has 0 unspecified atom stereocenters. The van der Waals surface area contributed by atoms with Crippen molar-refractivity contribution in [3.05, 3.63) is 12.2 Å². The van der Waals surface area contributed by atoms with Gasteiger partial charge in [-0.15, -0.1) is 0 Å². The Morgan fingerprint density at radius 1 is 1.19 bits per heavy atom. The zero-order valence-electron chi connectivity index (χ0n) is 11.2. The Morgan fingerprint density at radius 3 is 1.50 bits per heavy atom. The van der Waals surface area contributed by atoms with Gasteiger partial charge in [-0.25, -0.2) is 0 Å². The summed E-state index contributed by atoms with van der Waals surface area (Å²) in [4.78, 5) is 0. The van der Waals surface area contributed by atoms with Crippen molar-refractivity contribution in [1.29, 1.82) is 0 Å². The van der Waals surface area contributed by atoms with Crippen molar-refractivity contribution in [1.82, 2.24) is 0 Å². The molecule has 0 aliphatic rings. The molecule has 5 heteroatoms. The van der Waals surface area contributed by atoms with E-state index in [0.29, 0.717) is 5.57 Å². The van der Waals surface area contributed by atoms with Crippen LogP contribution in [-0.4, -0.2) is 49.9 Å². The predicted octanol–water partition coefficient (Wildman–Crippen LogP) is 1.94. The summed E-state index contributed by atoms with van der Waals surface area (Å²) in [6, 6.07) is 0. The second-order valence-electron chi connectivity index (χ2n) is 4.25. The highest BCUT2D eigenvalue weighted by molar-refractivity contribution is 7.85. The van der Waals surface area contributed by atoms with Gasteiger partial charge < -0.3 is 4.48 Å². The van der Waals surface area contributed by atoms with Crippen molar-refractivity contribution in [2.75, 3.05) is 32.4 Å². The van der Waals surface area contributed by atoms with E-state index in [1.165, 1.54) is 31.0 Å². The summed E-state index contributed by atoms with van der Waals surface area (Å²) in [7, 11) is -1.53. The number of rotatable bonds is 5. The fourth-order valence-electron chi connectivity index (χ4n) is 0.982. The van der Waals surface area contributed by atoms with Crippen LogP contribution in [0.15, 0.2) is 12.2 Å². The van der Waals surface area contributed by atoms with E-state index in [-0.39, 0.29) is 5.75 Å². The summed E-state index contributed by atoms with van der Waals surface area (Å²) in [6.45, 7) is 15.3. The molecule has 16 heavy (non-hydrogen) atoms. The molecule has 98 valence electrons. The minimum Gasteiger partial charge on any atom is -0.327 e. The fraction of sp³-hybridized carbons (Fsp3) is 0.818. The predicted molar refractivity (Wildman–Crippen MR) is 69.0 cm³/mol. The lowest BCUT2D eigenvalue weighted by Crippen LogP contribution is -2.42. The summed E-state index contributed by atoms with van der Waals surface area (Å²) in [5, 5.41) is 0. The van der Waals surface area contributed by atoms with Gasteiger partial charge in [0.25, 0.3) is 10.1 Å². The zero-order valence-corrected chi connectivity index (χ0v) is 12.0. The van der Waals surface area contributed by atoms with Crippen LogP contribution in [-0.2, 0) is 10.1 Å². The van der Waals surface area contributed by atoms with Crippen molar-refractivity contribution in [3.63, 3.8) is 0 Å². The fourth-order valence-corrected chi connectivity index (χ4v) is 1.60. The molecule has 0 heterocycles. The first kappa shape index (κ1) is 18.0. The van der Waals surface area contributed by atoms with Gasteiger partial charge in [-0.05, 0) is 27.7 Å². The van der Waals surface area contributed by atoms with Gasteiger partial charge in [0.05, 0.1) is 32.4 Å². The van der Waals surface area contributed by atoms with Gasteiger partial charge >= 0.3 is 0 Å². The summed E-state index contributed by atoms with van der Waals surface area (Å²) in [6.07, 6.45) is 0. The molecule has 0 bridgehead atoms. The maximum atomic E-state index is 9.94. The number of nitrogens with zero attached hydrogens (tertiary/aromatic N) is 1. The van der Waals surface area contributed by atoms with E-state index in [2.05, 4.69) is 34.4 Å². The van der Waals surface area contributed by atoms with E-state index >= 15 is 0 Å². The van der Waals surface area contributed by atoms with Gasteiger partial charge in [0.2, 0.25) is 0 Å². The minimum absolute atomic E-state index is 0.340. The molecule has 0 fully saturated rings. The van der Waals surface area contributed by atoms with Gasteiger partial charge in [0.15, 0.2) is 0 Å². The molecule has 0 aromatic rings.